The second kappa shape index (κ2) is 9.65. The molecule has 1 amide bonds. The molecule has 1 saturated heterocycles. The topological polar surface area (TPSA) is 81.0 Å². The van der Waals surface area contributed by atoms with E-state index in [0.29, 0.717) is 29.5 Å². The number of para-hydroxylation sites is 2. The Bertz CT molecular complexity index is 1320. The van der Waals surface area contributed by atoms with Crippen LogP contribution in [0.2, 0.25) is 0 Å². The second-order valence-corrected chi connectivity index (χ2v) is 8.89. The lowest BCUT2D eigenvalue weighted by Crippen LogP contribution is -2.55. The summed E-state index contributed by atoms with van der Waals surface area (Å²) in [5.41, 5.74) is 3.56. The average molecular weight is 466 g/mol. The summed E-state index contributed by atoms with van der Waals surface area (Å²) in [5.74, 6) is -0.184. The maximum absolute atomic E-state index is 13.3. The Morgan fingerprint density at radius 2 is 1.43 bits per heavy atom. The van der Waals surface area contributed by atoms with E-state index in [4.69, 9.17) is 0 Å². The smallest absolute Gasteiger partial charge is 0.233 e. The first-order valence-corrected chi connectivity index (χ1v) is 11.8. The number of phenolic OH excluding ortho intramolecular Hbond substituents is 2. The SMILES string of the molecule is O=C1[C@H](CC[C@H](O)c2ccccc2)[C@@H](c2ccc(-c3ccccc3O)cc2O)N1c1ccccc1. The summed E-state index contributed by atoms with van der Waals surface area (Å²) >= 11 is 0. The second-order valence-electron chi connectivity index (χ2n) is 8.89. The highest BCUT2D eigenvalue weighted by molar-refractivity contribution is 6.03. The maximum Gasteiger partial charge on any atom is 0.233 e. The molecule has 1 fully saturated rings. The number of nitrogens with zero attached hydrogens (tertiary/aromatic N) is 1. The Kier molecular flexibility index (Phi) is 6.25. The standard InChI is InChI=1S/C30H27NO4/c32-26(20-9-3-1-4-10-20)18-17-25-29(31(30(25)35)22-11-5-2-6-12-22)24-16-15-21(19-28(24)34)23-13-7-8-14-27(23)33/h1-16,19,25-26,29,32-34H,17-18H2/t25-,26+,29-/m1/s1. The number of benzene rings is 4. The summed E-state index contributed by atoms with van der Waals surface area (Å²) in [7, 11) is 0. The summed E-state index contributed by atoms with van der Waals surface area (Å²) in [4.78, 5) is 15.0. The van der Waals surface area contributed by atoms with Crippen LogP contribution in [-0.4, -0.2) is 21.2 Å². The van der Waals surface area contributed by atoms with Gasteiger partial charge in [-0.25, -0.2) is 0 Å². The van der Waals surface area contributed by atoms with Crippen molar-refractivity contribution in [3.8, 4) is 22.6 Å². The first-order chi connectivity index (χ1) is 17.0. The molecule has 5 heteroatoms. The summed E-state index contributed by atoms with van der Waals surface area (Å²) in [6.07, 6.45) is 0.271. The van der Waals surface area contributed by atoms with Crippen molar-refractivity contribution in [1.82, 2.24) is 0 Å². The van der Waals surface area contributed by atoms with Gasteiger partial charge < -0.3 is 20.2 Å². The van der Waals surface area contributed by atoms with Gasteiger partial charge in [-0.05, 0) is 48.2 Å². The van der Waals surface area contributed by atoms with E-state index < -0.39 is 6.10 Å². The summed E-state index contributed by atoms with van der Waals surface area (Å²) in [6, 6.07) is 30.8. The molecule has 0 unspecified atom stereocenters. The molecule has 5 nitrogen and oxygen atoms in total. The molecule has 3 N–H and O–H groups in total. The number of carbonyl (C=O) groups excluding carboxylic acids is 1. The fraction of sp³-hybridized carbons (Fsp3) is 0.167. The van der Waals surface area contributed by atoms with Crippen LogP contribution in [-0.2, 0) is 4.79 Å². The van der Waals surface area contributed by atoms with E-state index in [0.717, 1.165) is 11.3 Å². The molecule has 0 bridgehead atoms. The maximum atomic E-state index is 13.3. The highest BCUT2D eigenvalue weighted by atomic mass is 16.3. The number of anilines is 1. The number of amides is 1. The van der Waals surface area contributed by atoms with Crippen LogP contribution < -0.4 is 4.90 Å². The van der Waals surface area contributed by atoms with Gasteiger partial charge in [0.15, 0.2) is 0 Å². The molecule has 35 heavy (non-hydrogen) atoms. The minimum Gasteiger partial charge on any atom is -0.508 e. The molecular weight excluding hydrogens is 438 g/mol. The van der Waals surface area contributed by atoms with Gasteiger partial charge in [0.05, 0.1) is 18.1 Å². The molecule has 0 saturated carbocycles. The lowest BCUT2D eigenvalue weighted by Gasteiger charge is -2.48. The third kappa shape index (κ3) is 4.38. The minimum absolute atomic E-state index is 0.0226. The molecule has 1 aliphatic rings. The van der Waals surface area contributed by atoms with Gasteiger partial charge in [-0.15, -0.1) is 0 Å². The van der Waals surface area contributed by atoms with Gasteiger partial charge in [0.1, 0.15) is 11.5 Å². The van der Waals surface area contributed by atoms with Gasteiger partial charge in [0, 0.05) is 16.8 Å². The first kappa shape index (κ1) is 22.7. The predicted octanol–water partition coefficient (Wildman–Crippen LogP) is 5.98. The van der Waals surface area contributed by atoms with Gasteiger partial charge in [-0.2, -0.15) is 0 Å². The van der Waals surface area contributed by atoms with Gasteiger partial charge in [-0.3, -0.25) is 4.79 Å². The number of aliphatic hydroxyl groups excluding tert-OH is 1. The molecule has 1 aliphatic heterocycles. The highest BCUT2D eigenvalue weighted by Crippen LogP contribution is 2.49. The zero-order valence-electron chi connectivity index (χ0n) is 19.2. The number of aliphatic hydroxyl groups is 1. The van der Waals surface area contributed by atoms with Crippen molar-refractivity contribution in [2.45, 2.75) is 25.0 Å². The Morgan fingerprint density at radius 1 is 0.771 bits per heavy atom. The zero-order valence-corrected chi connectivity index (χ0v) is 19.2. The molecular formula is C30H27NO4. The Hall–Kier alpha value is -4.09. The largest absolute Gasteiger partial charge is 0.508 e. The number of rotatable bonds is 7. The zero-order chi connectivity index (χ0) is 24.4. The van der Waals surface area contributed by atoms with E-state index in [1.165, 1.54) is 0 Å². The number of carbonyl (C=O) groups is 1. The van der Waals surface area contributed by atoms with E-state index in [1.807, 2.05) is 78.9 Å². The van der Waals surface area contributed by atoms with Crippen molar-refractivity contribution in [3.05, 3.63) is 114 Å². The molecule has 4 aromatic rings. The van der Waals surface area contributed by atoms with Crippen LogP contribution in [0.4, 0.5) is 5.69 Å². The number of aromatic hydroxyl groups is 2. The van der Waals surface area contributed by atoms with Gasteiger partial charge in [0.2, 0.25) is 5.91 Å². The minimum atomic E-state index is -0.660. The molecule has 176 valence electrons. The van der Waals surface area contributed by atoms with Crippen LogP contribution >= 0.6 is 0 Å². The Morgan fingerprint density at radius 3 is 2.11 bits per heavy atom. The number of β-lactam (4-membered cyclic amide) rings is 1. The van der Waals surface area contributed by atoms with Crippen molar-refractivity contribution in [3.63, 3.8) is 0 Å². The monoisotopic (exact) mass is 465 g/mol. The third-order valence-electron chi connectivity index (χ3n) is 6.75. The summed E-state index contributed by atoms with van der Waals surface area (Å²) in [5, 5.41) is 31.9. The van der Waals surface area contributed by atoms with E-state index >= 15 is 0 Å². The highest BCUT2D eigenvalue weighted by Gasteiger charge is 2.49. The lowest BCUT2D eigenvalue weighted by molar-refractivity contribution is -0.131. The van der Waals surface area contributed by atoms with Crippen LogP contribution in [0.3, 0.4) is 0 Å². The molecule has 0 aliphatic carbocycles. The van der Waals surface area contributed by atoms with Gasteiger partial charge in [-0.1, -0.05) is 78.9 Å². The van der Waals surface area contributed by atoms with Gasteiger partial charge >= 0.3 is 0 Å². The number of phenols is 2. The van der Waals surface area contributed by atoms with Crippen molar-refractivity contribution < 1.29 is 20.1 Å². The molecule has 3 atom stereocenters. The quantitative estimate of drug-likeness (QED) is 0.293. The van der Waals surface area contributed by atoms with Crippen LogP contribution in [0.15, 0.2) is 103 Å². The van der Waals surface area contributed by atoms with Gasteiger partial charge in [0.25, 0.3) is 0 Å². The van der Waals surface area contributed by atoms with Crippen LogP contribution in [0.1, 0.15) is 36.1 Å². The molecule has 0 spiro atoms. The molecule has 5 rings (SSSR count). The van der Waals surface area contributed by atoms with Crippen LogP contribution in [0, 0.1) is 5.92 Å². The average Bonchev–Trinajstić information content (AvgIpc) is 2.89. The van der Waals surface area contributed by atoms with E-state index in [-0.39, 0.29) is 29.4 Å². The fourth-order valence-electron chi connectivity index (χ4n) is 4.92. The fourth-order valence-corrected chi connectivity index (χ4v) is 4.92. The van der Waals surface area contributed by atoms with Crippen LogP contribution in [0.25, 0.3) is 11.1 Å². The summed E-state index contributed by atoms with van der Waals surface area (Å²) < 4.78 is 0. The first-order valence-electron chi connectivity index (χ1n) is 11.8. The van der Waals surface area contributed by atoms with Crippen molar-refractivity contribution in [2.75, 3.05) is 4.90 Å². The number of hydrogen-bond acceptors (Lipinski definition) is 4. The van der Waals surface area contributed by atoms with Crippen molar-refractivity contribution in [1.29, 1.82) is 0 Å². The molecule has 0 radical (unpaired) electrons. The summed E-state index contributed by atoms with van der Waals surface area (Å²) in [6.45, 7) is 0. The number of hydrogen-bond donors (Lipinski definition) is 3. The Labute approximate surface area is 204 Å². The van der Waals surface area contributed by atoms with Crippen LogP contribution in [0.5, 0.6) is 11.5 Å². The van der Waals surface area contributed by atoms with E-state index in [1.54, 1.807) is 29.2 Å². The third-order valence-corrected chi connectivity index (χ3v) is 6.75. The Balaban J connectivity index is 1.45. The van der Waals surface area contributed by atoms with Crippen molar-refractivity contribution >= 4 is 11.6 Å². The molecule has 0 aromatic heterocycles. The van der Waals surface area contributed by atoms with Crippen molar-refractivity contribution in [2.24, 2.45) is 5.92 Å². The lowest BCUT2D eigenvalue weighted by atomic mass is 9.77. The molecule has 4 aromatic carbocycles. The molecule has 1 heterocycles. The normalized spacial score (nSPS) is 18.2. The van der Waals surface area contributed by atoms with E-state index in [9.17, 15) is 20.1 Å². The van der Waals surface area contributed by atoms with E-state index in [2.05, 4.69) is 0 Å². The predicted molar refractivity (Wildman–Crippen MR) is 136 cm³/mol.